The summed E-state index contributed by atoms with van der Waals surface area (Å²) in [6, 6.07) is 4.51. The molecule has 0 radical (unpaired) electrons. The van der Waals surface area contributed by atoms with Gasteiger partial charge in [0.2, 0.25) is 0 Å². The molecule has 0 bridgehead atoms. The second-order valence-electron chi connectivity index (χ2n) is 5.31. The minimum atomic E-state index is 0.535. The fraction of sp³-hybridized carbons (Fsp3) is 0.600. The van der Waals surface area contributed by atoms with Crippen LogP contribution in [0, 0.1) is 0 Å². The van der Waals surface area contributed by atoms with E-state index in [9.17, 15) is 0 Å². The zero-order valence-corrected chi connectivity index (χ0v) is 13.0. The number of ether oxygens (including phenoxy) is 1. The van der Waals surface area contributed by atoms with Gasteiger partial charge in [-0.2, -0.15) is 0 Å². The number of hydrogen-bond donors (Lipinski definition) is 1. The van der Waals surface area contributed by atoms with E-state index in [0.717, 1.165) is 23.3 Å². The highest BCUT2D eigenvalue weighted by Gasteiger charge is 2.21. The molecule has 0 unspecified atom stereocenters. The Hall–Kier alpha value is -0.540. The van der Waals surface area contributed by atoms with E-state index in [1.165, 1.54) is 24.0 Å². The van der Waals surface area contributed by atoms with Gasteiger partial charge in [0.25, 0.3) is 0 Å². The minimum absolute atomic E-state index is 0.535. The number of rotatable bonds is 3. The van der Waals surface area contributed by atoms with Gasteiger partial charge in [-0.05, 0) is 70.9 Å². The van der Waals surface area contributed by atoms with Crippen molar-refractivity contribution in [3.63, 3.8) is 0 Å². The lowest BCUT2D eigenvalue weighted by Crippen LogP contribution is -2.26. The summed E-state index contributed by atoms with van der Waals surface area (Å²) in [6.45, 7) is 6.69. The molecule has 18 heavy (non-hydrogen) atoms. The predicted octanol–water partition coefficient (Wildman–Crippen LogP) is 4.05. The van der Waals surface area contributed by atoms with Crippen LogP contribution in [-0.2, 0) is 0 Å². The molecule has 0 amide bonds. The summed E-state index contributed by atoms with van der Waals surface area (Å²) in [7, 11) is 1.75. The Morgan fingerprint density at radius 1 is 1.28 bits per heavy atom. The molecule has 100 valence electrons. The highest BCUT2D eigenvalue weighted by atomic mass is 79.9. The molecule has 2 rings (SSSR count). The van der Waals surface area contributed by atoms with Gasteiger partial charge >= 0.3 is 0 Å². The SMILES string of the molecule is COc1cc(C(C)C)cc(C2CCNCC2)c1Br. The molecule has 3 heteroatoms. The standard InChI is InChI=1S/C15H22BrNO/c1-10(2)12-8-13(11-4-6-17-7-5-11)15(16)14(9-12)18-3/h8-11,17H,4-7H2,1-3H3. The number of hydrogen-bond acceptors (Lipinski definition) is 2. The van der Waals surface area contributed by atoms with Crippen molar-refractivity contribution in [3.05, 3.63) is 27.7 Å². The quantitative estimate of drug-likeness (QED) is 0.909. The van der Waals surface area contributed by atoms with Gasteiger partial charge in [0.1, 0.15) is 5.75 Å². The number of nitrogens with one attached hydrogen (secondary N) is 1. The smallest absolute Gasteiger partial charge is 0.133 e. The van der Waals surface area contributed by atoms with Crippen molar-refractivity contribution in [3.8, 4) is 5.75 Å². The van der Waals surface area contributed by atoms with E-state index < -0.39 is 0 Å². The molecule has 1 aliphatic rings. The first kappa shape index (κ1) is 13.9. The first-order valence-electron chi connectivity index (χ1n) is 6.71. The van der Waals surface area contributed by atoms with Gasteiger partial charge in [0.15, 0.2) is 0 Å². The van der Waals surface area contributed by atoms with E-state index >= 15 is 0 Å². The normalized spacial score (nSPS) is 17.2. The van der Waals surface area contributed by atoms with Gasteiger partial charge in [-0.15, -0.1) is 0 Å². The molecule has 0 aromatic heterocycles. The third-order valence-electron chi connectivity index (χ3n) is 3.76. The molecule has 0 spiro atoms. The summed E-state index contributed by atoms with van der Waals surface area (Å²) in [5.41, 5.74) is 2.78. The van der Waals surface area contributed by atoms with Gasteiger partial charge in [-0.25, -0.2) is 0 Å². The summed E-state index contributed by atoms with van der Waals surface area (Å²) >= 11 is 3.71. The highest BCUT2D eigenvalue weighted by Crippen LogP contribution is 2.39. The van der Waals surface area contributed by atoms with Crippen molar-refractivity contribution < 1.29 is 4.74 Å². The van der Waals surface area contributed by atoms with E-state index in [-0.39, 0.29) is 0 Å². The van der Waals surface area contributed by atoms with Crippen LogP contribution in [0.25, 0.3) is 0 Å². The average Bonchev–Trinajstić information content (AvgIpc) is 2.39. The van der Waals surface area contributed by atoms with Crippen LogP contribution in [0.1, 0.15) is 49.7 Å². The Morgan fingerprint density at radius 2 is 1.94 bits per heavy atom. The zero-order valence-electron chi connectivity index (χ0n) is 11.4. The Kier molecular flexibility index (Phi) is 4.68. The lowest BCUT2D eigenvalue weighted by Gasteiger charge is -2.25. The molecular formula is C15H22BrNO. The Morgan fingerprint density at radius 3 is 2.50 bits per heavy atom. The molecule has 0 aliphatic carbocycles. The monoisotopic (exact) mass is 311 g/mol. The molecule has 1 aliphatic heterocycles. The van der Waals surface area contributed by atoms with Gasteiger partial charge in [-0.3, -0.25) is 0 Å². The molecule has 0 saturated carbocycles. The van der Waals surface area contributed by atoms with Crippen molar-refractivity contribution in [2.75, 3.05) is 20.2 Å². The van der Waals surface area contributed by atoms with Crippen LogP contribution in [0.4, 0.5) is 0 Å². The van der Waals surface area contributed by atoms with Crippen molar-refractivity contribution in [2.45, 2.75) is 38.5 Å². The molecular weight excluding hydrogens is 290 g/mol. The second-order valence-corrected chi connectivity index (χ2v) is 6.10. The third-order valence-corrected chi connectivity index (χ3v) is 4.60. The van der Waals surface area contributed by atoms with Crippen LogP contribution in [0.5, 0.6) is 5.75 Å². The summed E-state index contributed by atoms with van der Waals surface area (Å²) in [5, 5.41) is 3.42. The molecule has 1 saturated heterocycles. The zero-order chi connectivity index (χ0) is 13.1. The first-order valence-corrected chi connectivity index (χ1v) is 7.50. The molecule has 1 fully saturated rings. The summed E-state index contributed by atoms with van der Waals surface area (Å²) < 4.78 is 6.64. The minimum Gasteiger partial charge on any atom is -0.496 e. The maximum atomic E-state index is 5.50. The third kappa shape index (κ3) is 2.89. The molecule has 1 aromatic rings. The number of methoxy groups -OCH3 is 1. The van der Waals surface area contributed by atoms with E-state index in [1.54, 1.807) is 7.11 Å². The Bertz CT molecular complexity index is 411. The van der Waals surface area contributed by atoms with Gasteiger partial charge in [-0.1, -0.05) is 19.9 Å². The second kappa shape index (κ2) is 6.07. The summed E-state index contributed by atoms with van der Waals surface area (Å²) in [6.07, 6.45) is 2.42. The van der Waals surface area contributed by atoms with Crippen molar-refractivity contribution in [1.29, 1.82) is 0 Å². The summed E-state index contributed by atoms with van der Waals surface area (Å²) in [4.78, 5) is 0. The molecule has 0 atom stereocenters. The van der Waals surface area contributed by atoms with Crippen LogP contribution in [0.15, 0.2) is 16.6 Å². The maximum absolute atomic E-state index is 5.50. The van der Waals surface area contributed by atoms with E-state index in [0.29, 0.717) is 11.8 Å². The van der Waals surface area contributed by atoms with Gasteiger partial charge in [0, 0.05) is 0 Å². The fourth-order valence-corrected chi connectivity index (χ4v) is 3.27. The van der Waals surface area contributed by atoms with E-state index in [1.807, 2.05) is 0 Å². The Labute approximate surface area is 118 Å². The lowest BCUT2D eigenvalue weighted by molar-refractivity contribution is 0.407. The molecule has 1 N–H and O–H groups in total. The van der Waals surface area contributed by atoms with E-state index in [2.05, 4.69) is 47.2 Å². The predicted molar refractivity (Wildman–Crippen MR) is 79.6 cm³/mol. The van der Waals surface area contributed by atoms with Crippen LogP contribution in [0.2, 0.25) is 0 Å². The van der Waals surface area contributed by atoms with Crippen LogP contribution < -0.4 is 10.1 Å². The molecule has 2 nitrogen and oxygen atoms in total. The van der Waals surface area contributed by atoms with Crippen molar-refractivity contribution in [1.82, 2.24) is 5.32 Å². The highest BCUT2D eigenvalue weighted by molar-refractivity contribution is 9.10. The van der Waals surface area contributed by atoms with Crippen molar-refractivity contribution in [2.24, 2.45) is 0 Å². The number of piperidine rings is 1. The van der Waals surface area contributed by atoms with Gasteiger partial charge < -0.3 is 10.1 Å². The summed E-state index contributed by atoms with van der Waals surface area (Å²) in [5.74, 6) is 2.15. The van der Waals surface area contributed by atoms with Gasteiger partial charge in [0.05, 0.1) is 11.6 Å². The van der Waals surface area contributed by atoms with E-state index in [4.69, 9.17) is 4.74 Å². The maximum Gasteiger partial charge on any atom is 0.133 e. The largest absolute Gasteiger partial charge is 0.496 e. The van der Waals surface area contributed by atoms with Crippen LogP contribution >= 0.6 is 15.9 Å². The number of benzene rings is 1. The molecule has 1 aromatic carbocycles. The van der Waals surface area contributed by atoms with Crippen LogP contribution in [0.3, 0.4) is 0 Å². The average molecular weight is 312 g/mol. The fourth-order valence-electron chi connectivity index (χ4n) is 2.55. The Balaban J connectivity index is 2.40. The first-order chi connectivity index (χ1) is 8.63. The van der Waals surface area contributed by atoms with Crippen molar-refractivity contribution >= 4 is 15.9 Å². The lowest BCUT2D eigenvalue weighted by atomic mass is 9.87. The number of halogens is 1. The molecule has 1 heterocycles. The topological polar surface area (TPSA) is 21.3 Å². The van der Waals surface area contributed by atoms with Crippen LogP contribution in [-0.4, -0.2) is 20.2 Å².